The minimum atomic E-state index is -4.43. The molecule has 0 bridgehead atoms. The van der Waals surface area contributed by atoms with Crippen molar-refractivity contribution in [2.75, 3.05) is 7.05 Å². The number of alkyl halides is 3. The maximum atomic E-state index is 12.5. The molecular weight excluding hydrogens is 293 g/mol. The van der Waals surface area contributed by atoms with Crippen LogP contribution < -0.4 is 10.6 Å². The second kappa shape index (κ2) is 6.65. The van der Waals surface area contributed by atoms with Gasteiger partial charge in [-0.1, -0.05) is 6.07 Å². The largest absolute Gasteiger partial charge is 0.416 e. The summed E-state index contributed by atoms with van der Waals surface area (Å²) in [6.07, 6.45) is -4.43. The fourth-order valence-electron chi connectivity index (χ4n) is 1.28. The van der Waals surface area contributed by atoms with Gasteiger partial charge in [0.2, 0.25) is 5.91 Å². The Morgan fingerprint density at radius 3 is 2.50 bits per heavy atom. The quantitative estimate of drug-likeness (QED) is 0.844. The highest BCUT2D eigenvalue weighted by molar-refractivity contribution is 8.00. The SMILES string of the molecule is CNC(=O)NC(=O)C(C)Sc1cccc(C(F)(F)F)c1. The van der Waals surface area contributed by atoms with Gasteiger partial charge < -0.3 is 5.32 Å². The lowest BCUT2D eigenvalue weighted by atomic mass is 10.2. The van der Waals surface area contributed by atoms with Crippen molar-refractivity contribution in [3.8, 4) is 0 Å². The molecule has 0 saturated heterocycles. The summed E-state index contributed by atoms with van der Waals surface area (Å²) in [5.74, 6) is -0.577. The normalized spacial score (nSPS) is 12.7. The second-order valence-corrected chi connectivity index (χ2v) is 5.27. The molecule has 1 unspecified atom stereocenters. The number of halogens is 3. The maximum Gasteiger partial charge on any atom is 0.416 e. The second-order valence-electron chi connectivity index (χ2n) is 3.85. The molecule has 0 aliphatic heterocycles. The van der Waals surface area contributed by atoms with Crippen molar-refractivity contribution in [1.29, 1.82) is 0 Å². The molecule has 1 rings (SSSR count). The first-order chi connectivity index (χ1) is 9.24. The van der Waals surface area contributed by atoms with Crippen LogP contribution in [0.4, 0.5) is 18.0 Å². The number of rotatable bonds is 3. The lowest BCUT2D eigenvalue weighted by Crippen LogP contribution is -2.41. The van der Waals surface area contributed by atoms with Gasteiger partial charge >= 0.3 is 12.2 Å². The van der Waals surface area contributed by atoms with Crippen LogP contribution in [0.15, 0.2) is 29.2 Å². The van der Waals surface area contributed by atoms with E-state index in [1.807, 2.05) is 0 Å². The van der Waals surface area contributed by atoms with E-state index in [0.717, 1.165) is 23.9 Å². The minimum Gasteiger partial charge on any atom is -0.341 e. The third-order valence-corrected chi connectivity index (χ3v) is 3.40. The molecule has 8 heteroatoms. The van der Waals surface area contributed by atoms with Crippen molar-refractivity contribution in [2.24, 2.45) is 0 Å². The van der Waals surface area contributed by atoms with E-state index in [4.69, 9.17) is 0 Å². The molecule has 110 valence electrons. The molecule has 0 aromatic heterocycles. The van der Waals surface area contributed by atoms with Crippen LogP contribution in [0.2, 0.25) is 0 Å². The lowest BCUT2D eigenvalue weighted by Gasteiger charge is -2.12. The Morgan fingerprint density at radius 2 is 1.95 bits per heavy atom. The molecule has 1 aromatic carbocycles. The van der Waals surface area contributed by atoms with E-state index in [-0.39, 0.29) is 0 Å². The molecule has 3 amide bonds. The number of benzene rings is 1. The molecule has 2 N–H and O–H groups in total. The van der Waals surface area contributed by atoms with E-state index in [1.165, 1.54) is 26.1 Å². The Morgan fingerprint density at radius 1 is 1.30 bits per heavy atom. The van der Waals surface area contributed by atoms with Gasteiger partial charge in [-0.05, 0) is 25.1 Å². The average molecular weight is 306 g/mol. The van der Waals surface area contributed by atoms with Crippen LogP contribution in [0.3, 0.4) is 0 Å². The number of urea groups is 1. The molecule has 4 nitrogen and oxygen atoms in total. The molecule has 20 heavy (non-hydrogen) atoms. The molecule has 0 fully saturated rings. The highest BCUT2D eigenvalue weighted by atomic mass is 32.2. The number of hydrogen-bond acceptors (Lipinski definition) is 3. The summed E-state index contributed by atoms with van der Waals surface area (Å²) in [5.41, 5.74) is -0.776. The average Bonchev–Trinajstić information content (AvgIpc) is 2.37. The van der Waals surface area contributed by atoms with Gasteiger partial charge in [-0.15, -0.1) is 11.8 Å². The van der Waals surface area contributed by atoms with Gasteiger partial charge in [-0.3, -0.25) is 10.1 Å². The third-order valence-electron chi connectivity index (χ3n) is 2.31. The van der Waals surface area contributed by atoms with Crippen LogP contribution in [0, 0.1) is 0 Å². The number of thioether (sulfide) groups is 1. The van der Waals surface area contributed by atoms with Crippen molar-refractivity contribution in [1.82, 2.24) is 10.6 Å². The Labute approximate surface area is 118 Å². The van der Waals surface area contributed by atoms with E-state index >= 15 is 0 Å². The van der Waals surface area contributed by atoms with E-state index in [1.54, 1.807) is 0 Å². The van der Waals surface area contributed by atoms with Crippen molar-refractivity contribution in [3.05, 3.63) is 29.8 Å². The highest BCUT2D eigenvalue weighted by Gasteiger charge is 2.30. The van der Waals surface area contributed by atoms with Crippen molar-refractivity contribution in [3.63, 3.8) is 0 Å². The molecule has 0 spiro atoms. The molecule has 1 atom stereocenters. The Bertz CT molecular complexity index is 506. The van der Waals surface area contributed by atoms with Gasteiger partial charge in [0.25, 0.3) is 0 Å². The first-order valence-corrected chi connectivity index (χ1v) is 6.48. The summed E-state index contributed by atoms with van der Waals surface area (Å²) >= 11 is 0.942. The molecular formula is C12H13F3N2O2S. The summed E-state index contributed by atoms with van der Waals surface area (Å²) < 4.78 is 37.6. The van der Waals surface area contributed by atoms with E-state index < -0.39 is 28.9 Å². The number of nitrogens with one attached hydrogen (secondary N) is 2. The Hall–Kier alpha value is -1.70. The number of carbonyl (C=O) groups is 2. The first-order valence-electron chi connectivity index (χ1n) is 5.60. The van der Waals surface area contributed by atoms with Crippen LogP contribution in [-0.4, -0.2) is 24.2 Å². The van der Waals surface area contributed by atoms with E-state index in [9.17, 15) is 22.8 Å². The fourth-order valence-corrected chi connectivity index (χ4v) is 2.21. The predicted molar refractivity (Wildman–Crippen MR) is 69.4 cm³/mol. The number of imide groups is 1. The van der Waals surface area contributed by atoms with Gasteiger partial charge in [0.15, 0.2) is 0 Å². The zero-order chi connectivity index (χ0) is 15.3. The van der Waals surface area contributed by atoms with Gasteiger partial charge in [-0.2, -0.15) is 13.2 Å². The fraction of sp³-hybridized carbons (Fsp3) is 0.333. The predicted octanol–water partition coefficient (Wildman–Crippen LogP) is 2.64. The van der Waals surface area contributed by atoms with Gasteiger partial charge in [-0.25, -0.2) is 4.79 Å². The third kappa shape index (κ3) is 4.76. The van der Waals surface area contributed by atoms with Gasteiger partial charge in [0.1, 0.15) is 0 Å². The molecule has 0 radical (unpaired) electrons. The summed E-state index contributed by atoms with van der Waals surface area (Å²) in [6, 6.07) is 4.01. The smallest absolute Gasteiger partial charge is 0.341 e. The highest BCUT2D eigenvalue weighted by Crippen LogP contribution is 2.32. The van der Waals surface area contributed by atoms with Crippen molar-refractivity contribution < 1.29 is 22.8 Å². The zero-order valence-electron chi connectivity index (χ0n) is 10.7. The van der Waals surface area contributed by atoms with Crippen LogP contribution in [0.1, 0.15) is 12.5 Å². The van der Waals surface area contributed by atoms with E-state index in [2.05, 4.69) is 10.6 Å². The number of amides is 3. The standard InChI is InChI=1S/C12H13F3N2O2S/c1-7(10(18)17-11(19)16-2)20-9-5-3-4-8(6-9)12(13,14)15/h3-7H,1-2H3,(H2,16,17,18,19). The van der Waals surface area contributed by atoms with Crippen LogP contribution in [0.25, 0.3) is 0 Å². The molecule has 0 aliphatic rings. The van der Waals surface area contributed by atoms with Crippen LogP contribution in [-0.2, 0) is 11.0 Å². The maximum absolute atomic E-state index is 12.5. The van der Waals surface area contributed by atoms with Crippen molar-refractivity contribution in [2.45, 2.75) is 23.2 Å². The molecule has 0 heterocycles. The Balaban J connectivity index is 2.73. The molecule has 1 aromatic rings. The summed E-state index contributed by atoms with van der Waals surface area (Å²) in [6.45, 7) is 1.50. The zero-order valence-corrected chi connectivity index (χ0v) is 11.6. The number of hydrogen-bond donors (Lipinski definition) is 2. The summed E-state index contributed by atoms with van der Waals surface area (Å²) in [4.78, 5) is 22.9. The summed E-state index contributed by atoms with van der Waals surface area (Å²) in [7, 11) is 1.35. The van der Waals surface area contributed by atoms with Gasteiger partial charge in [0, 0.05) is 11.9 Å². The monoisotopic (exact) mass is 306 g/mol. The first kappa shape index (κ1) is 16.4. The molecule has 0 saturated carbocycles. The Kier molecular flexibility index (Phi) is 5.43. The molecule has 0 aliphatic carbocycles. The van der Waals surface area contributed by atoms with Gasteiger partial charge in [0.05, 0.1) is 10.8 Å². The van der Waals surface area contributed by atoms with Crippen LogP contribution >= 0.6 is 11.8 Å². The van der Waals surface area contributed by atoms with Crippen molar-refractivity contribution >= 4 is 23.7 Å². The number of carbonyl (C=O) groups excluding carboxylic acids is 2. The van der Waals surface area contributed by atoms with Crippen LogP contribution in [0.5, 0.6) is 0 Å². The summed E-state index contributed by atoms with van der Waals surface area (Å²) in [5, 5.41) is 3.58. The van der Waals surface area contributed by atoms with E-state index in [0.29, 0.717) is 4.90 Å². The topological polar surface area (TPSA) is 58.2 Å². The lowest BCUT2D eigenvalue weighted by molar-refractivity contribution is -0.137. The minimum absolute atomic E-state index is 0.305.